The molecular weight excluding hydrogens is 252 g/mol. The summed E-state index contributed by atoms with van der Waals surface area (Å²) in [5.41, 5.74) is 0.990. The SMILES string of the molecule is CC1Nc2cccc(S(C)(=O)=O)c2NC(=O)C1C. The largest absolute Gasteiger partial charge is 0.380 e. The van der Waals surface area contributed by atoms with E-state index in [9.17, 15) is 13.2 Å². The summed E-state index contributed by atoms with van der Waals surface area (Å²) in [7, 11) is -3.37. The number of para-hydroxylation sites is 1. The number of carbonyl (C=O) groups is 1. The van der Waals surface area contributed by atoms with Crippen LogP contribution in [0, 0.1) is 5.92 Å². The number of fused-ring (bicyclic) bond motifs is 1. The van der Waals surface area contributed by atoms with Gasteiger partial charge in [0.05, 0.1) is 22.2 Å². The second-order valence-corrected chi connectivity index (χ2v) is 6.65. The molecule has 1 aromatic carbocycles. The van der Waals surface area contributed by atoms with Crippen molar-refractivity contribution in [3.8, 4) is 0 Å². The quantitative estimate of drug-likeness (QED) is 0.809. The zero-order valence-corrected chi connectivity index (χ0v) is 11.3. The topological polar surface area (TPSA) is 75.3 Å². The molecular formula is C12H16N2O3S. The maximum Gasteiger partial charge on any atom is 0.229 e. The van der Waals surface area contributed by atoms with Gasteiger partial charge in [0.15, 0.2) is 9.84 Å². The van der Waals surface area contributed by atoms with E-state index in [1.807, 2.05) is 6.92 Å². The Morgan fingerprint density at radius 1 is 1.22 bits per heavy atom. The van der Waals surface area contributed by atoms with Gasteiger partial charge < -0.3 is 10.6 Å². The van der Waals surface area contributed by atoms with Crippen molar-refractivity contribution in [3.05, 3.63) is 18.2 Å². The predicted molar refractivity (Wildman–Crippen MR) is 70.4 cm³/mol. The number of hydrogen-bond acceptors (Lipinski definition) is 4. The van der Waals surface area contributed by atoms with Crippen molar-refractivity contribution in [2.75, 3.05) is 16.9 Å². The fourth-order valence-electron chi connectivity index (χ4n) is 1.92. The van der Waals surface area contributed by atoms with E-state index in [2.05, 4.69) is 10.6 Å². The Hall–Kier alpha value is -1.56. The van der Waals surface area contributed by atoms with Gasteiger partial charge in [-0.3, -0.25) is 4.79 Å². The third kappa shape index (κ3) is 2.20. The van der Waals surface area contributed by atoms with E-state index >= 15 is 0 Å². The highest BCUT2D eigenvalue weighted by atomic mass is 32.2. The number of amides is 1. The molecule has 1 aliphatic rings. The smallest absolute Gasteiger partial charge is 0.229 e. The van der Waals surface area contributed by atoms with E-state index in [1.165, 1.54) is 6.07 Å². The molecule has 2 unspecified atom stereocenters. The van der Waals surface area contributed by atoms with E-state index in [1.54, 1.807) is 19.1 Å². The number of carbonyl (C=O) groups excluding carboxylic acids is 1. The average Bonchev–Trinajstić information content (AvgIpc) is 2.37. The Morgan fingerprint density at radius 3 is 2.50 bits per heavy atom. The summed E-state index contributed by atoms with van der Waals surface area (Å²) in [6.07, 6.45) is 1.13. The molecule has 0 saturated heterocycles. The van der Waals surface area contributed by atoms with Crippen molar-refractivity contribution in [2.24, 2.45) is 5.92 Å². The molecule has 2 rings (SSSR count). The van der Waals surface area contributed by atoms with Crippen molar-refractivity contribution in [2.45, 2.75) is 24.8 Å². The molecule has 0 bridgehead atoms. The van der Waals surface area contributed by atoms with Crippen molar-refractivity contribution in [3.63, 3.8) is 0 Å². The number of nitrogens with one attached hydrogen (secondary N) is 2. The third-order valence-corrected chi connectivity index (χ3v) is 4.36. The van der Waals surface area contributed by atoms with Gasteiger partial charge in [0, 0.05) is 12.3 Å². The highest BCUT2D eigenvalue weighted by Crippen LogP contribution is 2.33. The van der Waals surface area contributed by atoms with Crippen LogP contribution in [0.15, 0.2) is 23.1 Å². The van der Waals surface area contributed by atoms with Crippen LogP contribution in [0.4, 0.5) is 11.4 Å². The van der Waals surface area contributed by atoms with Gasteiger partial charge in [-0.2, -0.15) is 0 Å². The van der Waals surface area contributed by atoms with Crippen LogP contribution in [-0.4, -0.2) is 26.6 Å². The third-order valence-electron chi connectivity index (χ3n) is 3.22. The number of hydrogen-bond donors (Lipinski definition) is 2. The van der Waals surface area contributed by atoms with Crippen molar-refractivity contribution in [1.29, 1.82) is 0 Å². The lowest BCUT2D eigenvalue weighted by Crippen LogP contribution is -2.30. The van der Waals surface area contributed by atoms with Gasteiger partial charge in [-0.1, -0.05) is 13.0 Å². The van der Waals surface area contributed by atoms with E-state index in [4.69, 9.17) is 0 Å². The van der Waals surface area contributed by atoms with Crippen LogP contribution in [0.3, 0.4) is 0 Å². The number of benzene rings is 1. The zero-order chi connectivity index (χ0) is 13.5. The second-order valence-electron chi connectivity index (χ2n) is 4.66. The van der Waals surface area contributed by atoms with Crippen LogP contribution in [0.25, 0.3) is 0 Å². The first-order valence-electron chi connectivity index (χ1n) is 5.71. The molecule has 0 spiro atoms. The minimum Gasteiger partial charge on any atom is -0.380 e. The summed E-state index contributed by atoms with van der Waals surface area (Å²) in [5, 5.41) is 5.86. The van der Waals surface area contributed by atoms with Gasteiger partial charge >= 0.3 is 0 Å². The number of anilines is 2. The maximum absolute atomic E-state index is 11.9. The highest BCUT2D eigenvalue weighted by Gasteiger charge is 2.28. The molecule has 5 nitrogen and oxygen atoms in total. The molecule has 1 heterocycles. The summed E-state index contributed by atoms with van der Waals surface area (Å²) in [6.45, 7) is 3.70. The monoisotopic (exact) mass is 268 g/mol. The van der Waals surface area contributed by atoms with Crippen LogP contribution >= 0.6 is 0 Å². The van der Waals surface area contributed by atoms with Gasteiger partial charge in [0.25, 0.3) is 0 Å². The average molecular weight is 268 g/mol. The normalized spacial score (nSPS) is 23.6. The lowest BCUT2D eigenvalue weighted by molar-refractivity contribution is -0.119. The molecule has 98 valence electrons. The molecule has 6 heteroatoms. The standard InChI is InChI=1S/C12H16N2O3S/c1-7-8(2)13-9-5-4-6-10(18(3,16)17)11(9)14-12(7)15/h4-8,13H,1-3H3,(H,14,15). The Kier molecular flexibility index (Phi) is 3.06. The van der Waals surface area contributed by atoms with E-state index in [0.717, 1.165) is 6.26 Å². The van der Waals surface area contributed by atoms with Crippen LogP contribution < -0.4 is 10.6 Å². The van der Waals surface area contributed by atoms with Crippen LogP contribution in [0.1, 0.15) is 13.8 Å². The van der Waals surface area contributed by atoms with Crippen molar-refractivity contribution in [1.82, 2.24) is 0 Å². The minimum atomic E-state index is -3.37. The summed E-state index contributed by atoms with van der Waals surface area (Å²) in [4.78, 5) is 12.1. The molecule has 0 aromatic heterocycles. The first kappa shape index (κ1) is 12.9. The van der Waals surface area contributed by atoms with Gasteiger partial charge in [-0.25, -0.2) is 8.42 Å². The second kappa shape index (κ2) is 4.28. The summed E-state index contributed by atoms with van der Waals surface area (Å²) >= 11 is 0. The molecule has 0 fully saturated rings. The maximum atomic E-state index is 11.9. The van der Waals surface area contributed by atoms with Crippen molar-refractivity contribution < 1.29 is 13.2 Å². The lowest BCUT2D eigenvalue weighted by atomic mass is 10.0. The highest BCUT2D eigenvalue weighted by molar-refractivity contribution is 7.90. The first-order chi connectivity index (χ1) is 8.30. The molecule has 0 radical (unpaired) electrons. The van der Waals surface area contributed by atoms with E-state index in [-0.39, 0.29) is 22.8 Å². The first-order valence-corrected chi connectivity index (χ1v) is 7.60. The summed E-state index contributed by atoms with van der Waals surface area (Å²) in [5.74, 6) is -0.408. The Bertz CT molecular complexity index is 595. The van der Waals surface area contributed by atoms with E-state index in [0.29, 0.717) is 11.4 Å². The molecule has 0 saturated carbocycles. The van der Waals surface area contributed by atoms with Crippen LogP contribution in [-0.2, 0) is 14.6 Å². The summed E-state index contributed by atoms with van der Waals surface area (Å²) < 4.78 is 23.4. The lowest BCUT2D eigenvalue weighted by Gasteiger charge is -2.16. The summed E-state index contributed by atoms with van der Waals surface area (Å²) in [6, 6.07) is 4.87. The van der Waals surface area contributed by atoms with E-state index < -0.39 is 9.84 Å². The van der Waals surface area contributed by atoms with Gasteiger partial charge in [0.2, 0.25) is 5.91 Å². The minimum absolute atomic E-state index is 0.0546. The fraction of sp³-hybridized carbons (Fsp3) is 0.417. The zero-order valence-electron chi connectivity index (χ0n) is 10.5. The Balaban J connectivity index is 2.61. The number of rotatable bonds is 1. The molecule has 18 heavy (non-hydrogen) atoms. The van der Waals surface area contributed by atoms with Gasteiger partial charge in [-0.15, -0.1) is 0 Å². The molecule has 1 amide bonds. The number of sulfone groups is 1. The fourth-order valence-corrected chi connectivity index (χ4v) is 2.78. The van der Waals surface area contributed by atoms with Gasteiger partial charge in [-0.05, 0) is 19.1 Å². The van der Waals surface area contributed by atoms with Gasteiger partial charge in [0.1, 0.15) is 0 Å². The molecule has 1 aromatic rings. The van der Waals surface area contributed by atoms with Crippen LogP contribution in [0.5, 0.6) is 0 Å². The van der Waals surface area contributed by atoms with Crippen molar-refractivity contribution >= 4 is 27.1 Å². The molecule has 0 aliphatic carbocycles. The Labute approximate surface area is 107 Å². The molecule has 2 atom stereocenters. The molecule has 1 aliphatic heterocycles. The van der Waals surface area contributed by atoms with Crippen LogP contribution in [0.2, 0.25) is 0 Å². The predicted octanol–water partition coefficient (Wildman–Crippen LogP) is 1.48. The Morgan fingerprint density at radius 2 is 1.89 bits per heavy atom. The molecule has 2 N–H and O–H groups in total.